The predicted molar refractivity (Wildman–Crippen MR) is 124 cm³/mol. The Labute approximate surface area is 218 Å². The average molecular weight is 567 g/mol. The molecule has 6 nitrogen and oxygen atoms in total. The topological polar surface area (TPSA) is 74.2 Å². The fourth-order valence-electron chi connectivity index (χ4n) is 2.91. The van der Waals surface area contributed by atoms with Crippen molar-refractivity contribution >= 4 is 17.6 Å². The van der Waals surface area contributed by atoms with Gasteiger partial charge in [0.15, 0.2) is 6.10 Å². The summed E-state index contributed by atoms with van der Waals surface area (Å²) in [6, 6.07) is 6.86. The fraction of sp³-hybridized carbons (Fsp3) is 0.320. The van der Waals surface area contributed by atoms with Crippen LogP contribution in [0.4, 0.5) is 26.3 Å². The van der Waals surface area contributed by atoms with Gasteiger partial charge in [0.05, 0.1) is 10.6 Å². The Balaban J connectivity index is 2.10. The highest BCUT2D eigenvalue weighted by molar-refractivity contribution is 6.32. The number of benzene rings is 2. The maximum atomic E-state index is 12.7. The smallest absolute Gasteiger partial charge is 0.488 e. The Morgan fingerprint density at radius 1 is 1.05 bits per heavy atom. The van der Waals surface area contributed by atoms with Crippen LogP contribution in [-0.2, 0) is 16.0 Å². The molecule has 0 aliphatic heterocycles. The highest BCUT2D eigenvalue weighted by Crippen LogP contribution is 2.32. The van der Waals surface area contributed by atoms with E-state index >= 15 is 0 Å². The van der Waals surface area contributed by atoms with Gasteiger partial charge in [-0.25, -0.2) is 4.79 Å². The summed E-state index contributed by atoms with van der Waals surface area (Å²) in [5, 5.41) is 9.41. The van der Waals surface area contributed by atoms with Gasteiger partial charge in [0, 0.05) is 19.1 Å². The van der Waals surface area contributed by atoms with Crippen molar-refractivity contribution in [2.45, 2.75) is 39.1 Å². The first-order chi connectivity index (χ1) is 17.7. The van der Waals surface area contributed by atoms with Gasteiger partial charge in [0.25, 0.3) is 0 Å². The Bertz CT molecular complexity index is 1210. The van der Waals surface area contributed by atoms with E-state index in [9.17, 15) is 36.2 Å². The summed E-state index contributed by atoms with van der Waals surface area (Å²) < 4.78 is 93.4. The summed E-state index contributed by atoms with van der Waals surface area (Å²) in [4.78, 5) is 11.2. The fourth-order valence-corrected chi connectivity index (χ4v) is 3.16. The van der Waals surface area contributed by atoms with Gasteiger partial charge >= 0.3 is 18.7 Å². The first-order valence-electron chi connectivity index (χ1n) is 10.8. The molecule has 1 atom stereocenters. The third kappa shape index (κ3) is 10.8. The number of allylic oxidation sites excluding steroid dienone is 1. The van der Waals surface area contributed by atoms with Crippen LogP contribution >= 0.6 is 11.6 Å². The van der Waals surface area contributed by atoms with E-state index in [1.165, 1.54) is 19.1 Å². The standard InChI is InChI=1S/C25H21ClF6O6/c1-3-35-22(23(33)34)13-16-5-9-20(19(26)12-16)36-11-10-15(2)4-6-17-7-8-18(37-24(27,28)29)14-21(17)38-25(30,31)32/h5,7-10,12,14,22H,3,11,13H2,1-2H3,(H,33,34)/b15-10-/t22-/m0/s1. The van der Waals surface area contributed by atoms with Crippen molar-refractivity contribution in [3.63, 3.8) is 0 Å². The normalized spacial score (nSPS) is 12.8. The molecule has 2 aromatic carbocycles. The molecule has 0 aliphatic rings. The lowest BCUT2D eigenvalue weighted by atomic mass is 10.1. The van der Waals surface area contributed by atoms with E-state index in [4.69, 9.17) is 21.1 Å². The Morgan fingerprint density at radius 2 is 1.74 bits per heavy atom. The van der Waals surface area contributed by atoms with Crippen LogP contribution in [0.1, 0.15) is 25.0 Å². The van der Waals surface area contributed by atoms with Crippen LogP contribution in [0.15, 0.2) is 48.0 Å². The first kappa shape index (κ1) is 30.7. The maximum absolute atomic E-state index is 12.7. The number of alkyl halides is 6. The summed E-state index contributed by atoms with van der Waals surface area (Å²) in [6.07, 6.45) is -9.70. The second-order valence-corrected chi connectivity index (χ2v) is 7.86. The van der Waals surface area contributed by atoms with Crippen LogP contribution in [0.3, 0.4) is 0 Å². The van der Waals surface area contributed by atoms with E-state index in [0.29, 0.717) is 17.2 Å². The third-order valence-corrected chi connectivity index (χ3v) is 4.79. The number of carboxylic acids is 1. The molecule has 0 aliphatic carbocycles. The van der Waals surface area contributed by atoms with E-state index in [0.717, 1.165) is 12.1 Å². The molecule has 0 saturated carbocycles. The van der Waals surface area contributed by atoms with Gasteiger partial charge in [-0.1, -0.05) is 29.5 Å². The number of ether oxygens (including phenoxy) is 4. The second kappa shape index (κ2) is 13.3. The molecule has 0 bridgehead atoms. The highest BCUT2D eigenvalue weighted by Gasteiger charge is 2.34. The van der Waals surface area contributed by atoms with Crippen LogP contribution in [0.25, 0.3) is 0 Å². The number of carboxylic acid groups (broad SMARTS) is 1. The Hall–Kier alpha value is -3.56. The van der Waals surface area contributed by atoms with Crippen LogP contribution in [-0.4, -0.2) is 43.1 Å². The average Bonchev–Trinajstić information content (AvgIpc) is 2.77. The van der Waals surface area contributed by atoms with Crippen molar-refractivity contribution in [3.05, 3.63) is 64.2 Å². The Morgan fingerprint density at radius 3 is 2.32 bits per heavy atom. The summed E-state index contributed by atoms with van der Waals surface area (Å²) in [5.41, 5.74) is 0.660. The molecule has 2 rings (SSSR count). The SMILES string of the molecule is CCO[C@@H](Cc1ccc(OC/C=C(/C)C#Cc2ccc(OC(F)(F)F)cc2OC(F)(F)F)c(Cl)c1)C(=O)O. The lowest BCUT2D eigenvalue weighted by molar-refractivity contribution is -0.276. The molecule has 0 saturated heterocycles. The molecule has 0 unspecified atom stereocenters. The minimum Gasteiger partial charge on any atom is -0.488 e. The maximum Gasteiger partial charge on any atom is 0.573 e. The zero-order valence-electron chi connectivity index (χ0n) is 19.9. The van der Waals surface area contributed by atoms with Crippen molar-refractivity contribution in [3.8, 4) is 29.1 Å². The number of rotatable bonds is 10. The lowest BCUT2D eigenvalue weighted by Crippen LogP contribution is -2.26. The molecule has 1 N–H and O–H groups in total. The number of hydrogen-bond acceptors (Lipinski definition) is 5. The summed E-state index contributed by atoms with van der Waals surface area (Å²) in [7, 11) is 0. The predicted octanol–water partition coefficient (Wildman–Crippen LogP) is 6.55. The molecule has 0 fully saturated rings. The van der Waals surface area contributed by atoms with Gasteiger partial charge in [0.2, 0.25) is 0 Å². The number of halogens is 7. The zero-order valence-corrected chi connectivity index (χ0v) is 20.6. The van der Waals surface area contributed by atoms with Crippen LogP contribution in [0.5, 0.6) is 17.2 Å². The zero-order chi connectivity index (χ0) is 28.5. The molecule has 2 aromatic rings. The van der Waals surface area contributed by atoms with Crippen molar-refractivity contribution < 1.29 is 55.2 Å². The van der Waals surface area contributed by atoms with E-state index in [2.05, 4.69) is 21.3 Å². The van der Waals surface area contributed by atoms with Crippen molar-refractivity contribution in [1.82, 2.24) is 0 Å². The van der Waals surface area contributed by atoms with Crippen molar-refractivity contribution in [2.24, 2.45) is 0 Å². The van der Waals surface area contributed by atoms with Crippen molar-refractivity contribution in [1.29, 1.82) is 0 Å². The van der Waals surface area contributed by atoms with Gasteiger partial charge in [-0.2, -0.15) is 0 Å². The van der Waals surface area contributed by atoms with Gasteiger partial charge < -0.3 is 24.1 Å². The van der Waals surface area contributed by atoms with Gasteiger partial charge in [-0.05, 0) is 55.3 Å². The quantitative estimate of drug-likeness (QED) is 0.260. The van der Waals surface area contributed by atoms with Crippen LogP contribution < -0.4 is 14.2 Å². The molecular formula is C25H21ClF6O6. The highest BCUT2D eigenvalue weighted by atomic mass is 35.5. The molecule has 0 heterocycles. The molecule has 38 heavy (non-hydrogen) atoms. The third-order valence-electron chi connectivity index (χ3n) is 4.50. The number of aliphatic carboxylic acids is 1. The minimum atomic E-state index is -5.17. The van der Waals surface area contributed by atoms with E-state index in [1.807, 2.05) is 0 Å². The molecule has 0 spiro atoms. The largest absolute Gasteiger partial charge is 0.573 e. The second-order valence-electron chi connectivity index (χ2n) is 7.45. The van der Waals surface area contributed by atoms with Crippen LogP contribution in [0.2, 0.25) is 5.02 Å². The molecule has 0 amide bonds. The first-order valence-corrected chi connectivity index (χ1v) is 11.1. The minimum absolute atomic E-state index is 0.0272. The summed E-state index contributed by atoms with van der Waals surface area (Å²) in [5.74, 6) is 2.30. The van der Waals surface area contributed by atoms with Crippen LogP contribution in [0, 0.1) is 11.8 Å². The van der Waals surface area contributed by atoms with E-state index in [-0.39, 0.29) is 36.0 Å². The summed E-state index contributed by atoms with van der Waals surface area (Å²) >= 11 is 6.20. The van der Waals surface area contributed by atoms with E-state index < -0.39 is 36.3 Å². The van der Waals surface area contributed by atoms with E-state index in [1.54, 1.807) is 19.1 Å². The molecule has 13 heteroatoms. The number of carbonyl (C=O) groups is 1. The molecule has 0 radical (unpaired) electrons. The summed E-state index contributed by atoms with van der Waals surface area (Å²) in [6.45, 7) is 3.42. The van der Waals surface area contributed by atoms with Gasteiger partial charge in [-0.3, -0.25) is 0 Å². The molecule has 206 valence electrons. The monoisotopic (exact) mass is 566 g/mol. The Kier molecular flexibility index (Phi) is 10.7. The van der Waals surface area contributed by atoms with Gasteiger partial charge in [-0.15, -0.1) is 26.3 Å². The van der Waals surface area contributed by atoms with Gasteiger partial charge in [0.1, 0.15) is 23.9 Å². The lowest BCUT2D eigenvalue weighted by Gasteiger charge is -2.13. The number of hydrogen-bond donors (Lipinski definition) is 1. The molecule has 0 aromatic heterocycles. The van der Waals surface area contributed by atoms with Crippen molar-refractivity contribution in [2.75, 3.05) is 13.2 Å². The molecular weight excluding hydrogens is 546 g/mol.